The lowest BCUT2D eigenvalue weighted by molar-refractivity contribution is 0.0945. The Bertz CT molecular complexity index is 733. The summed E-state index contributed by atoms with van der Waals surface area (Å²) >= 11 is 0. The predicted molar refractivity (Wildman–Crippen MR) is 96.2 cm³/mol. The fraction of sp³-hybridized carbons (Fsp3) is 0.474. The standard InChI is InChI=1S/C19H26N4O/c1-22(2)11-10-20-19(24)17-13-18(23(3)21-17)16-9-8-14-6-4-5-7-15(14)12-16/h8-9,12-13H,4-7,10-11H2,1-3H3,(H,20,24). The van der Waals surface area contributed by atoms with Crippen molar-refractivity contribution in [2.45, 2.75) is 25.7 Å². The average molecular weight is 326 g/mol. The van der Waals surface area contributed by atoms with Crippen LogP contribution in [0.2, 0.25) is 0 Å². The van der Waals surface area contributed by atoms with Crippen molar-refractivity contribution in [2.24, 2.45) is 7.05 Å². The first-order chi connectivity index (χ1) is 11.5. The van der Waals surface area contributed by atoms with Crippen molar-refractivity contribution in [2.75, 3.05) is 27.2 Å². The topological polar surface area (TPSA) is 50.2 Å². The van der Waals surface area contributed by atoms with E-state index in [2.05, 4.69) is 28.6 Å². The molecule has 1 aromatic carbocycles. The highest BCUT2D eigenvalue weighted by molar-refractivity contribution is 5.93. The van der Waals surface area contributed by atoms with Gasteiger partial charge in [-0.25, -0.2) is 0 Å². The van der Waals surface area contributed by atoms with Crippen molar-refractivity contribution in [3.63, 3.8) is 0 Å². The van der Waals surface area contributed by atoms with Crippen LogP contribution in [0.15, 0.2) is 24.3 Å². The number of nitrogens with one attached hydrogen (secondary N) is 1. The van der Waals surface area contributed by atoms with E-state index < -0.39 is 0 Å². The van der Waals surface area contributed by atoms with Gasteiger partial charge in [-0.1, -0.05) is 12.1 Å². The summed E-state index contributed by atoms with van der Waals surface area (Å²) in [4.78, 5) is 14.3. The van der Waals surface area contributed by atoms with Gasteiger partial charge in [0.15, 0.2) is 5.69 Å². The lowest BCUT2D eigenvalue weighted by Gasteiger charge is -2.16. The first-order valence-corrected chi connectivity index (χ1v) is 8.64. The monoisotopic (exact) mass is 326 g/mol. The lowest BCUT2D eigenvalue weighted by atomic mass is 9.90. The second-order valence-corrected chi connectivity index (χ2v) is 6.79. The molecule has 128 valence electrons. The van der Waals surface area contributed by atoms with Crippen LogP contribution in [0.5, 0.6) is 0 Å². The van der Waals surface area contributed by atoms with Gasteiger partial charge in [-0.3, -0.25) is 9.48 Å². The van der Waals surface area contributed by atoms with Crippen molar-refractivity contribution in [1.82, 2.24) is 20.0 Å². The molecule has 0 radical (unpaired) electrons. The Kier molecular flexibility index (Phi) is 5.00. The van der Waals surface area contributed by atoms with E-state index >= 15 is 0 Å². The molecule has 5 nitrogen and oxygen atoms in total. The quantitative estimate of drug-likeness (QED) is 0.917. The van der Waals surface area contributed by atoms with Crippen molar-refractivity contribution >= 4 is 5.91 Å². The highest BCUT2D eigenvalue weighted by Gasteiger charge is 2.16. The number of hydrogen-bond acceptors (Lipinski definition) is 3. The Morgan fingerprint density at radius 2 is 1.96 bits per heavy atom. The van der Waals surface area contributed by atoms with Gasteiger partial charge in [-0.15, -0.1) is 0 Å². The minimum absolute atomic E-state index is 0.114. The first-order valence-electron chi connectivity index (χ1n) is 8.64. The Labute approximate surface area is 143 Å². The minimum atomic E-state index is -0.114. The molecule has 0 bridgehead atoms. The summed E-state index contributed by atoms with van der Waals surface area (Å²) in [6.45, 7) is 1.44. The molecule has 1 heterocycles. The number of nitrogens with zero attached hydrogens (tertiary/aromatic N) is 3. The maximum Gasteiger partial charge on any atom is 0.271 e. The van der Waals surface area contributed by atoms with Gasteiger partial charge in [-0.05, 0) is 63.0 Å². The van der Waals surface area contributed by atoms with E-state index in [-0.39, 0.29) is 5.91 Å². The number of hydrogen-bond donors (Lipinski definition) is 1. The second kappa shape index (κ2) is 7.18. The maximum atomic E-state index is 12.3. The van der Waals surface area contributed by atoms with Crippen LogP contribution in [-0.2, 0) is 19.9 Å². The SMILES string of the molecule is CN(C)CCNC(=O)c1cc(-c2ccc3c(c2)CCCC3)n(C)n1. The van der Waals surface area contributed by atoms with Gasteiger partial charge in [0.2, 0.25) is 0 Å². The number of aromatic nitrogens is 2. The van der Waals surface area contributed by atoms with Crippen LogP contribution >= 0.6 is 0 Å². The van der Waals surface area contributed by atoms with E-state index in [1.54, 1.807) is 4.68 Å². The Balaban J connectivity index is 1.77. The molecule has 2 aromatic rings. The zero-order valence-corrected chi connectivity index (χ0v) is 14.8. The largest absolute Gasteiger partial charge is 0.349 e. The minimum Gasteiger partial charge on any atom is -0.349 e. The molecule has 1 amide bonds. The molecule has 0 atom stereocenters. The van der Waals surface area contributed by atoms with Crippen LogP contribution in [-0.4, -0.2) is 47.8 Å². The molecule has 1 aliphatic rings. The third-order valence-corrected chi connectivity index (χ3v) is 4.60. The zero-order valence-electron chi connectivity index (χ0n) is 14.8. The normalized spacial score (nSPS) is 13.8. The summed E-state index contributed by atoms with van der Waals surface area (Å²) in [5.41, 5.74) is 5.51. The Hall–Kier alpha value is -2.14. The van der Waals surface area contributed by atoms with E-state index in [0.717, 1.165) is 24.2 Å². The molecule has 1 N–H and O–H groups in total. The molecule has 1 aliphatic carbocycles. The van der Waals surface area contributed by atoms with Gasteiger partial charge >= 0.3 is 0 Å². The van der Waals surface area contributed by atoms with Crippen molar-refractivity contribution in [1.29, 1.82) is 0 Å². The molecule has 5 heteroatoms. The van der Waals surface area contributed by atoms with Gasteiger partial charge in [0.05, 0.1) is 5.69 Å². The maximum absolute atomic E-state index is 12.3. The predicted octanol–water partition coefficient (Wildman–Crippen LogP) is 2.26. The van der Waals surface area contributed by atoms with Crippen LogP contribution in [0.25, 0.3) is 11.3 Å². The van der Waals surface area contributed by atoms with Crippen molar-refractivity contribution in [3.8, 4) is 11.3 Å². The summed E-state index contributed by atoms with van der Waals surface area (Å²) in [7, 11) is 5.87. The van der Waals surface area contributed by atoms with Crippen LogP contribution in [0.1, 0.15) is 34.5 Å². The van der Waals surface area contributed by atoms with Crippen molar-refractivity contribution < 1.29 is 4.79 Å². The van der Waals surface area contributed by atoms with Crippen LogP contribution in [0.3, 0.4) is 0 Å². The van der Waals surface area contributed by atoms with Gasteiger partial charge in [-0.2, -0.15) is 5.10 Å². The highest BCUT2D eigenvalue weighted by atomic mass is 16.1. The molecule has 0 spiro atoms. The number of aryl methyl sites for hydroxylation is 3. The molecule has 0 fully saturated rings. The molecular weight excluding hydrogens is 300 g/mol. The van der Waals surface area contributed by atoms with Crippen LogP contribution in [0, 0.1) is 0 Å². The molecular formula is C19H26N4O. The van der Waals surface area contributed by atoms with Gasteiger partial charge in [0.25, 0.3) is 5.91 Å². The van der Waals surface area contributed by atoms with E-state index in [1.165, 1.54) is 30.4 Å². The van der Waals surface area contributed by atoms with E-state index in [9.17, 15) is 4.79 Å². The third kappa shape index (κ3) is 3.67. The summed E-state index contributed by atoms with van der Waals surface area (Å²) in [6.07, 6.45) is 4.89. The number of amides is 1. The van der Waals surface area contributed by atoms with Crippen LogP contribution in [0.4, 0.5) is 0 Å². The van der Waals surface area contributed by atoms with E-state index in [4.69, 9.17) is 0 Å². The summed E-state index contributed by atoms with van der Waals surface area (Å²) < 4.78 is 1.80. The molecule has 0 unspecified atom stereocenters. The molecule has 0 saturated heterocycles. The first kappa shape index (κ1) is 16.7. The molecule has 0 aliphatic heterocycles. The zero-order chi connectivity index (χ0) is 17.1. The fourth-order valence-corrected chi connectivity index (χ4v) is 3.22. The fourth-order valence-electron chi connectivity index (χ4n) is 3.22. The number of rotatable bonds is 5. The van der Waals surface area contributed by atoms with E-state index in [0.29, 0.717) is 12.2 Å². The molecule has 24 heavy (non-hydrogen) atoms. The number of likely N-dealkylation sites (N-methyl/N-ethyl adjacent to an activating group) is 1. The summed E-state index contributed by atoms with van der Waals surface area (Å²) in [5, 5.41) is 7.30. The van der Waals surface area contributed by atoms with Gasteiger partial charge < -0.3 is 10.2 Å². The summed E-state index contributed by atoms with van der Waals surface area (Å²) in [6, 6.07) is 8.53. The lowest BCUT2D eigenvalue weighted by Crippen LogP contribution is -2.31. The molecule has 1 aromatic heterocycles. The smallest absolute Gasteiger partial charge is 0.271 e. The molecule has 0 saturated carbocycles. The third-order valence-electron chi connectivity index (χ3n) is 4.60. The number of carbonyl (C=O) groups is 1. The van der Waals surface area contributed by atoms with Crippen LogP contribution < -0.4 is 5.32 Å². The Morgan fingerprint density at radius 1 is 1.21 bits per heavy atom. The van der Waals surface area contributed by atoms with Gasteiger partial charge in [0.1, 0.15) is 0 Å². The number of carbonyl (C=O) groups excluding carboxylic acids is 1. The van der Waals surface area contributed by atoms with E-state index in [1.807, 2.05) is 32.1 Å². The molecule has 3 rings (SSSR count). The highest BCUT2D eigenvalue weighted by Crippen LogP contribution is 2.27. The van der Waals surface area contributed by atoms with Crippen molar-refractivity contribution in [3.05, 3.63) is 41.1 Å². The van der Waals surface area contributed by atoms with Gasteiger partial charge in [0, 0.05) is 25.7 Å². The Morgan fingerprint density at radius 3 is 2.71 bits per heavy atom. The average Bonchev–Trinajstić information content (AvgIpc) is 2.96. The summed E-state index contributed by atoms with van der Waals surface area (Å²) in [5.74, 6) is -0.114. The number of fused-ring (bicyclic) bond motifs is 1. The second-order valence-electron chi connectivity index (χ2n) is 6.79. The number of benzene rings is 1.